The summed E-state index contributed by atoms with van der Waals surface area (Å²) in [4.78, 5) is 20.8. The van der Waals surface area contributed by atoms with E-state index >= 15 is 0 Å². The van der Waals surface area contributed by atoms with E-state index in [1.807, 2.05) is 48.1 Å². The SMILES string of the molecule is CCn1cc([C@@H]2NC(=O)CC[C@H]2Nc2nccc(OCc3ccccc3)n2)cn1. The summed E-state index contributed by atoms with van der Waals surface area (Å²) in [5.74, 6) is 1.02. The van der Waals surface area contributed by atoms with Crippen LogP contribution in [-0.2, 0) is 17.9 Å². The third-order valence-electron chi connectivity index (χ3n) is 4.91. The van der Waals surface area contributed by atoms with E-state index < -0.39 is 0 Å². The molecule has 1 aliphatic rings. The number of benzene rings is 1. The minimum Gasteiger partial charge on any atom is -0.473 e. The van der Waals surface area contributed by atoms with Gasteiger partial charge in [-0.05, 0) is 18.9 Å². The first-order valence-corrected chi connectivity index (χ1v) is 9.79. The van der Waals surface area contributed by atoms with Gasteiger partial charge in [-0.25, -0.2) is 4.98 Å². The normalized spacial score (nSPS) is 18.9. The molecule has 3 heterocycles. The molecule has 4 rings (SSSR count). The van der Waals surface area contributed by atoms with E-state index in [9.17, 15) is 4.79 Å². The fraction of sp³-hybridized carbons (Fsp3) is 0.333. The average molecular weight is 392 g/mol. The molecular weight excluding hydrogens is 368 g/mol. The number of carbonyl (C=O) groups is 1. The molecule has 0 radical (unpaired) electrons. The highest BCUT2D eigenvalue weighted by Crippen LogP contribution is 2.26. The van der Waals surface area contributed by atoms with E-state index in [2.05, 4.69) is 25.7 Å². The van der Waals surface area contributed by atoms with Gasteiger partial charge in [-0.15, -0.1) is 0 Å². The third-order valence-corrected chi connectivity index (χ3v) is 4.91. The minimum atomic E-state index is -0.186. The van der Waals surface area contributed by atoms with Gasteiger partial charge in [-0.2, -0.15) is 10.1 Å². The van der Waals surface area contributed by atoms with Crippen LogP contribution in [0.5, 0.6) is 5.88 Å². The van der Waals surface area contributed by atoms with E-state index in [4.69, 9.17) is 4.74 Å². The zero-order valence-corrected chi connectivity index (χ0v) is 16.3. The van der Waals surface area contributed by atoms with Gasteiger partial charge in [-0.1, -0.05) is 30.3 Å². The molecule has 1 saturated heterocycles. The van der Waals surface area contributed by atoms with E-state index in [1.54, 1.807) is 18.5 Å². The van der Waals surface area contributed by atoms with Crippen LogP contribution in [0.2, 0.25) is 0 Å². The number of ether oxygens (including phenoxy) is 1. The molecule has 8 nitrogen and oxygen atoms in total. The van der Waals surface area contributed by atoms with Gasteiger partial charge in [0.15, 0.2) is 0 Å². The lowest BCUT2D eigenvalue weighted by molar-refractivity contribution is -0.123. The molecule has 0 aliphatic carbocycles. The van der Waals surface area contributed by atoms with Crippen LogP contribution in [0.1, 0.15) is 36.9 Å². The third kappa shape index (κ3) is 4.71. The molecule has 2 N–H and O–H groups in total. The van der Waals surface area contributed by atoms with Crippen molar-refractivity contribution in [2.24, 2.45) is 0 Å². The van der Waals surface area contributed by atoms with E-state index in [1.165, 1.54) is 0 Å². The summed E-state index contributed by atoms with van der Waals surface area (Å²) >= 11 is 0. The quantitative estimate of drug-likeness (QED) is 0.642. The van der Waals surface area contributed by atoms with Gasteiger partial charge < -0.3 is 15.4 Å². The summed E-state index contributed by atoms with van der Waals surface area (Å²) in [5.41, 5.74) is 2.04. The Bertz CT molecular complexity index is 959. The van der Waals surface area contributed by atoms with Crippen molar-refractivity contribution in [3.05, 3.63) is 66.1 Å². The number of aromatic nitrogens is 4. The smallest absolute Gasteiger partial charge is 0.226 e. The Morgan fingerprint density at radius 2 is 2.14 bits per heavy atom. The van der Waals surface area contributed by atoms with Gasteiger partial charge in [0, 0.05) is 37.0 Å². The summed E-state index contributed by atoms with van der Waals surface area (Å²) in [6.07, 6.45) is 6.58. The second kappa shape index (κ2) is 8.72. The van der Waals surface area contributed by atoms with E-state index in [0.29, 0.717) is 31.3 Å². The Labute approximate surface area is 169 Å². The topological polar surface area (TPSA) is 94.0 Å². The number of hydrogen-bond acceptors (Lipinski definition) is 6. The second-order valence-corrected chi connectivity index (χ2v) is 6.96. The van der Waals surface area contributed by atoms with Crippen molar-refractivity contribution < 1.29 is 9.53 Å². The first-order chi connectivity index (χ1) is 14.2. The van der Waals surface area contributed by atoms with Crippen LogP contribution in [0.4, 0.5) is 5.95 Å². The Morgan fingerprint density at radius 3 is 2.93 bits per heavy atom. The van der Waals surface area contributed by atoms with Crippen LogP contribution in [-0.4, -0.2) is 31.7 Å². The number of carbonyl (C=O) groups excluding carboxylic acids is 1. The fourth-order valence-electron chi connectivity index (χ4n) is 3.37. The molecule has 0 spiro atoms. The lowest BCUT2D eigenvalue weighted by Crippen LogP contribution is -2.45. The maximum atomic E-state index is 12.0. The monoisotopic (exact) mass is 392 g/mol. The van der Waals surface area contributed by atoms with Crippen LogP contribution in [0.25, 0.3) is 0 Å². The molecular formula is C21H24N6O2. The first kappa shape index (κ1) is 18.9. The zero-order valence-electron chi connectivity index (χ0n) is 16.3. The zero-order chi connectivity index (χ0) is 20.1. The van der Waals surface area contributed by atoms with E-state index in [0.717, 1.165) is 17.7 Å². The molecule has 150 valence electrons. The summed E-state index contributed by atoms with van der Waals surface area (Å²) in [7, 11) is 0. The number of nitrogens with one attached hydrogen (secondary N) is 2. The van der Waals surface area contributed by atoms with Gasteiger partial charge in [-0.3, -0.25) is 9.48 Å². The van der Waals surface area contributed by atoms with Gasteiger partial charge in [0.2, 0.25) is 17.7 Å². The molecule has 1 aromatic carbocycles. The highest BCUT2D eigenvalue weighted by molar-refractivity contribution is 5.77. The number of nitrogens with zero attached hydrogens (tertiary/aromatic N) is 4. The molecule has 0 saturated carbocycles. The maximum absolute atomic E-state index is 12.0. The molecule has 29 heavy (non-hydrogen) atoms. The van der Waals surface area contributed by atoms with Gasteiger partial charge in [0.05, 0.1) is 18.3 Å². The molecule has 2 aromatic heterocycles. The van der Waals surface area contributed by atoms with Crippen LogP contribution in [0, 0.1) is 0 Å². The molecule has 2 atom stereocenters. The Hall–Kier alpha value is -3.42. The van der Waals surface area contributed by atoms with Crippen molar-refractivity contribution in [3.8, 4) is 5.88 Å². The molecule has 3 aromatic rings. The van der Waals surface area contributed by atoms with Crippen molar-refractivity contribution in [1.82, 2.24) is 25.1 Å². The lowest BCUT2D eigenvalue weighted by Gasteiger charge is -2.32. The molecule has 1 fully saturated rings. The number of amides is 1. The van der Waals surface area contributed by atoms with Crippen molar-refractivity contribution in [2.75, 3.05) is 5.32 Å². The van der Waals surface area contributed by atoms with Crippen molar-refractivity contribution in [1.29, 1.82) is 0 Å². The summed E-state index contributed by atoms with van der Waals surface area (Å²) in [6.45, 7) is 3.25. The molecule has 8 heteroatoms. The van der Waals surface area contributed by atoms with Crippen molar-refractivity contribution >= 4 is 11.9 Å². The highest BCUT2D eigenvalue weighted by Gasteiger charge is 2.31. The van der Waals surface area contributed by atoms with Crippen molar-refractivity contribution in [3.63, 3.8) is 0 Å². The maximum Gasteiger partial charge on any atom is 0.226 e. The van der Waals surface area contributed by atoms with Crippen LogP contribution in [0.15, 0.2) is 55.0 Å². The standard InChI is InChI=1S/C21H24N6O2/c1-2-27-13-16(12-23-27)20-17(8-9-18(28)25-20)24-21-22-11-10-19(26-21)29-14-15-6-4-3-5-7-15/h3-7,10-13,17,20H,2,8-9,14H2,1H3,(H,25,28)(H,22,24,26)/t17-,20+/m1/s1. The minimum absolute atomic E-state index is 0.0356. The average Bonchev–Trinajstić information content (AvgIpc) is 3.24. The Morgan fingerprint density at radius 1 is 1.28 bits per heavy atom. The predicted molar refractivity (Wildman–Crippen MR) is 108 cm³/mol. The van der Waals surface area contributed by atoms with Crippen LogP contribution < -0.4 is 15.4 Å². The highest BCUT2D eigenvalue weighted by atomic mass is 16.5. The second-order valence-electron chi connectivity index (χ2n) is 6.96. The summed E-state index contributed by atoms with van der Waals surface area (Å²) in [5, 5.41) is 10.8. The largest absolute Gasteiger partial charge is 0.473 e. The number of hydrogen-bond donors (Lipinski definition) is 2. The molecule has 0 bridgehead atoms. The predicted octanol–water partition coefficient (Wildman–Crippen LogP) is 2.70. The number of piperidine rings is 1. The van der Waals surface area contributed by atoms with Gasteiger partial charge >= 0.3 is 0 Å². The molecule has 1 aliphatic heterocycles. The van der Waals surface area contributed by atoms with Gasteiger partial charge in [0.25, 0.3) is 0 Å². The summed E-state index contributed by atoms with van der Waals surface area (Å²) < 4.78 is 7.64. The fourth-order valence-corrected chi connectivity index (χ4v) is 3.37. The molecule has 1 amide bonds. The van der Waals surface area contributed by atoms with E-state index in [-0.39, 0.29) is 18.0 Å². The Kier molecular flexibility index (Phi) is 5.69. The first-order valence-electron chi connectivity index (χ1n) is 9.79. The lowest BCUT2D eigenvalue weighted by atomic mass is 9.94. The van der Waals surface area contributed by atoms with Crippen LogP contribution in [0.3, 0.4) is 0 Å². The van der Waals surface area contributed by atoms with Crippen molar-refractivity contribution in [2.45, 2.75) is 45.0 Å². The van der Waals surface area contributed by atoms with Crippen LogP contribution >= 0.6 is 0 Å². The summed E-state index contributed by atoms with van der Waals surface area (Å²) in [6, 6.07) is 11.5. The number of aryl methyl sites for hydroxylation is 1. The molecule has 0 unspecified atom stereocenters. The number of rotatable bonds is 7. The Balaban J connectivity index is 1.45. The van der Waals surface area contributed by atoms with Gasteiger partial charge in [0.1, 0.15) is 6.61 Å². The number of anilines is 1.